The number of carbonyl (C=O) groups excluding carboxylic acids is 1. The average Bonchev–Trinajstić information content (AvgIpc) is 2.63. The van der Waals surface area contributed by atoms with E-state index in [4.69, 9.17) is 23.2 Å². The number of carbonyl (C=O) groups is 1. The molecule has 1 heterocycles. The molecule has 0 radical (unpaired) electrons. The number of rotatable bonds is 4. The van der Waals surface area contributed by atoms with E-state index in [1.54, 1.807) is 6.07 Å². The third-order valence-electron chi connectivity index (χ3n) is 4.76. The summed E-state index contributed by atoms with van der Waals surface area (Å²) < 4.78 is 0. The van der Waals surface area contributed by atoms with E-state index in [2.05, 4.69) is 24.3 Å². The molecular weight excluding hydrogens is 341 g/mol. The van der Waals surface area contributed by atoms with Gasteiger partial charge in [0.2, 0.25) is 5.91 Å². The molecule has 0 N–H and O–H groups in total. The third-order valence-corrected chi connectivity index (χ3v) is 5.62. The number of piperidine rings is 1. The van der Waals surface area contributed by atoms with Gasteiger partial charge in [-0.05, 0) is 42.4 Å². The van der Waals surface area contributed by atoms with Crippen LogP contribution in [-0.4, -0.2) is 23.9 Å². The molecule has 24 heavy (non-hydrogen) atoms. The zero-order valence-corrected chi connectivity index (χ0v) is 15.1. The monoisotopic (exact) mass is 361 g/mol. The Kier molecular flexibility index (Phi) is 5.80. The topological polar surface area (TPSA) is 20.3 Å². The van der Waals surface area contributed by atoms with Crippen molar-refractivity contribution < 1.29 is 4.79 Å². The number of hydrogen-bond donors (Lipinski definition) is 0. The lowest BCUT2D eigenvalue weighted by Crippen LogP contribution is -2.38. The third kappa shape index (κ3) is 4.12. The first-order valence-corrected chi connectivity index (χ1v) is 9.16. The molecule has 0 unspecified atom stereocenters. The van der Waals surface area contributed by atoms with Crippen LogP contribution in [0.25, 0.3) is 0 Å². The summed E-state index contributed by atoms with van der Waals surface area (Å²) in [5.74, 6) is 0.773. The number of benzene rings is 2. The molecule has 0 atom stereocenters. The van der Waals surface area contributed by atoms with Gasteiger partial charge in [-0.1, -0.05) is 65.7 Å². The van der Waals surface area contributed by atoms with Gasteiger partial charge in [0.1, 0.15) is 0 Å². The van der Waals surface area contributed by atoms with E-state index in [9.17, 15) is 4.79 Å². The Morgan fingerprint density at radius 2 is 1.71 bits per heavy atom. The summed E-state index contributed by atoms with van der Waals surface area (Å²) in [6.07, 6.45) is 3.19. The molecule has 1 amide bonds. The molecule has 3 rings (SSSR count). The van der Waals surface area contributed by atoms with Gasteiger partial charge in [-0.25, -0.2) is 0 Å². The van der Waals surface area contributed by atoms with E-state index < -0.39 is 0 Å². The molecule has 2 aromatic carbocycles. The maximum absolute atomic E-state index is 12.5. The van der Waals surface area contributed by atoms with Crippen molar-refractivity contribution >= 4 is 29.1 Å². The normalized spacial score (nSPS) is 15.5. The lowest BCUT2D eigenvalue weighted by atomic mass is 9.89. The van der Waals surface area contributed by atoms with E-state index in [-0.39, 0.29) is 5.91 Å². The van der Waals surface area contributed by atoms with Crippen molar-refractivity contribution in [2.45, 2.75) is 31.6 Å². The summed E-state index contributed by atoms with van der Waals surface area (Å²) in [5.41, 5.74) is 2.33. The Balaban J connectivity index is 1.51. The van der Waals surface area contributed by atoms with Crippen molar-refractivity contribution in [3.63, 3.8) is 0 Å². The van der Waals surface area contributed by atoms with Gasteiger partial charge in [-0.2, -0.15) is 0 Å². The van der Waals surface area contributed by atoms with Gasteiger partial charge in [0.05, 0.1) is 10.0 Å². The van der Waals surface area contributed by atoms with Crippen molar-refractivity contribution in [1.29, 1.82) is 0 Å². The van der Waals surface area contributed by atoms with Gasteiger partial charge < -0.3 is 4.90 Å². The first-order chi connectivity index (χ1) is 11.6. The molecule has 1 fully saturated rings. The molecule has 2 aromatic rings. The minimum absolute atomic E-state index is 0.206. The smallest absolute Gasteiger partial charge is 0.222 e. The van der Waals surface area contributed by atoms with Crippen LogP contribution < -0.4 is 0 Å². The number of nitrogens with zero attached hydrogens (tertiary/aromatic N) is 1. The Morgan fingerprint density at radius 3 is 2.42 bits per heavy atom. The average molecular weight is 362 g/mol. The van der Waals surface area contributed by atoms with Crippen LogP contribution in [0, 0.1) is 0 Å². The highest BCUT2D eigenvalue weighted by molar-refractivity contribution is 6.42. The fourth-order valence-corrected chi connectivity index (χ4v) is 3.74. The molecule has 126 valence electrons. The number of aryl methyl sites for hydroxylation is 1. The Labute approximate surface area is 153 Å². The first kappa shape index (κ1) is 17.3. The maximum atomic E-state index is 12.5. The summed E-state index contributed by atoms with van der Waals surface area (Å²) in [4.78, 5) is 14.4. The van der Waals surface area contributed by atoms with Crippen LogP contribution in [0.5, 0.6) is 0 Å². The summed E-state index contributed by atoms with van der Waals surface area (Å²) in [6.45, 7) is 1.67. The second-order valence-electron chi connectivity index (χ2n) is 6.28. The predicted molar refractivity (Wildman–Crippen MR) is 99.8 cm³/mol. The van der Waals surface area contributed by atoms with Crippen LogP contribution in [0.2, 0.25) is 10.0 Å². The van der Waals surface area contributed by atoms with Crippen LogP contribution in [0.1, 0.15) is 36.3 Å². The molecule has 1 aliphatic rings. The van der Waals surface area contributed by atoms with Crippen molar-refractivity contribution in [2.75, 3.05) is 13.1 Å². The lowest BCUT2D eigenvalue weighted by molar-refractivity contribution is -0.132. The van der Waals surface area contributed by atoms with Crippen LogP contribution in [-0.2, 0) is 11.2 Å². The second kappa shape index (κ2) is 8.04. The Bertz CT molecular complexity index is 694. The molecular formula is C20H21Cl2NO. The predicted octanol–water partition coefficient (Wildman–Crippen LogP) is 5.33. The van der Waals surface area contributed by atoms with Gasteiger partial charge in [-0.15, -0.1) is 0 Å². The van der Waals surface area contributed by atoms with Gasteiger partial charge in [0.15, 0.2) is 0 Å². The van der Waals surface area contributed by atoms with E-state index in [1.165, 1.54) is 5.56 Å². The van der Waals surface area contributed by atoms with Crippen LogP contribution >= 0.6 is 23.2 Å². The Hall–Kier alpha value is -1.51. The number of halogens is 2. The number of amides is 1. The molecule has 0 saturated carbocycles. The molecule has 0 aromatic heterocycles. The van der Waals surface area contributed by atoms with Crippen LogP contribution in [0.3, 0.4) is 0 Å². The fourth-order valence-electron chi connectivity index (χ4n) is 3.33. The first-order valence-electron chi connectivity index (χ1n) is 8.41. The largest absolute Gasteiger partial charge is 0.343 e. The van der Waals surface area contributed by atoms with E-state index in [1.807, 2.05) is 23.1 Å². The standard InChI is InChI=1S/C20H21Cl2NO/c21-18-8-4-7-17(20(18)22)9-10-19(24)23-13-11-16(12-14-23)15-5-2-1-3-6-15/h1-8,16H,9-14H2. The van der Waals surface area contributed by atoms with Crippen molar-refractivity contribution in [1.82, 2.24) is 4.90 Å². The highest BCUT2D eigenvalue weighted by Crippen LogP contribution is 2.29. The Morgan fingerprint density at radius 1 is 1.00 bits per heavy atom. The lowest BCUT2D eigenvalue weighted by Gasteiger charge is -2.32. The van der Waals surface area contributed by atoms with E-state index in [0.717, 1.165) is 31.5 Å². The van der Waals surface area contributed by atoms with E-state index >= 15 is 0 Å². The summed E-state index contributed by atoms with van der Waals surface area (Å²) >= 11 is 12.2. The quantitative estimate of drug-likeness (QED) is 0.720. The number of hydrogen-bond acceptors (Lipinski definition) is 1. The molecule has 0 aliphatic carbocycles. The van der Waals surface area contributed by atoms with Crippen molar-refractivity contribution in [2.24, 2.45) is 0 Å². The highest BCUT2D eigenvalue weighted by Gasteiger charge is 2.23. The zero-order valence-electron chi connectivity index (χ0n) is 13.6. The minimum Gasteiger partial charge on any atom is -0.343 e. The van der Waals surface area contributed by atoms with Gasteiger partial charge in [-0.3, -0.25) is 4.79 Å². The number of likely N-dealkylation sites (tertiary alicyclic amines) is 1. The summed E-state index contributed by atoms with van der Waals surface area (Å²) in [6, 6.07) is 16.2. The molecule has 0 bridgehead atoms. The van der Waals surface area contributed by atoms with Crippen LogP contribution in [0.15, 0.2) is 48.5 Å². The van der Waals surface area contributed by atoms with Crippen LogP contribution in [0.4, 0.5) is 0 Å². The second-order valence-corrected chi connectivity index (χ2v) is 7.06. The van der Waals surface area contributed by atoms with Crippen molar-refractivity contribution in [3.8, 4) is 0 Å². The summed E-state index contributed by atoms with van der Waals surface area (Å²) in [5, 5.41) is 1.11. The minimum atomic E-state index is 0.206. The molecule has 4 heteroatoms. The van der Waals surface area contributed by atoms with Gasteiger partial charge >= 0.3 is 0 Å². The maximum Gasteiger partial charge on any atom is 0.222 e. The molecule has 2 nitrogen and oxygen atoms in total. The molecule has 1 aliphatic heterocycles. The fraction of sp³-hybridized carbons (Fsp3) is 0.350. The SMILES string of the molecule is O=C(CCc1cccc(Cl)c1Cl)N1CCC(c2ccccc2)CC1. The zero-order chi connectivity index (χ0) is 16.9. The van der Waals surface area contributed by atoms with Gasteiger partial charge in [0.25, 0.3) is 0 Å². The molecule has 1 saturated heterocycles. The highest BCUT2D eigenvalue weighted by atomic mass is 35.5. The van der Waals surface area contributed by atoms with Crippen molar-refractivity contribution in [3.05, 3.63) is 69.7 Å². The molecule has 0 spiro atoms. The van der Waals surface area contributed by atoms with Gasteiger partial charge in [0, 0.05) is 19.5 Å². The summed E-state index contributed by atoms with van der Waals surface area (Å²) in [7, 11) is 0. The van der Waals surface area contributed by atoms with E-state index in [0.29, 0.717) is 28.8 Å².